The van der Waals surface area contributed by atoms with Crippen LogP contribution in [-0.2, 0) is 18.4 Å². The third-order valence-corrected chi connectivity index (χ3v) is 9.70. The summed E-state index contributed by atoms with van der Waals surface area (Å²) in [5.41, 5.74) is 2.80. The number of fused-ring (bicyclic) bond motifs is 1. The highest BCUT2D eigenvalue weighted by Crippen LogP contribution is 2.41. The Morgan fingerprint density at radius 2 is 1.86 bits per heavy atom. The number of anilines is 3. The number of aromatic nitrogens is 4. The summed E-state index contributed by atoms with van der Waals surface area (Å²) in [6.45, 7) is 7.26. The van der Waals surface area contributed by atoms with E-state index in [4.69, 9.17) is 4.74 Å². The van der Waals surface area contributed by atoms with Crippen LogP contribution in [0.25, 0.3) is 27.7 Å². The van der Waals surface area contributed by atoms with E-state index in [2.05, 4.69) is 32.0 Å². The zero-order valence-corrected chi connectivity index (χ0v) is 28.6. The molecule has 2 fully saturated rings. The lowest BCUT2D eigenvalue weighted by atomic mass is 10.0. The fourth-order valence-corrected chi connectivity index (χ4v) is 6.95. The van der Waals surface area contributed by atoms with Gasteiger partial charge in [-0.25, -0.2) is 14.4 Å². The third-order valence-electron chi connectivity index (χ3n) is 9.70. The van der Waals surface area contributed by atoms with Crippen molar-refractivity contribution in [3.63, 3.8) is 0 Å². The zero-order chi connectivity index (χ0) is 34.9. The van der Waals surface area contributed by atoms with Gasteiger partial charge in [0, 0.05) is 77.0 Å². The maximum atomic E-state index is 15.3. The minimum Gasteiger partial charge on any atom is -0.392 e. The number of piperazine rings is 1. The minimum atomic E-state index is -0.548. The Bertz CT molecular complexity index is 2140. The quantitative estimate of drug-likeness (QED) is 0.203. The van der Waals surface area contributed by atoms with Gasteiger partial charge in [-0.2, -0.15) is 0 Å². The van der Waals surface area contributed by atoms with Gasteiger partial charge in [0.25, 0.3) is 11.1 Å². The molecule has 1 aliphatic heterocycles. The van der Waals surface area contributed by atoms with Gasteiger partial charge < -0.3 is 24.6 Å². The van der Waals surface area contributed by atoms with Gasteiger partial charge in [0.05, 0.1) is 35.3 Å². The van der Waals surface area contributed by atoms with E-state index in [1.165, 1.54) is 15.2 Å². The molecular weight excluding hydrogens is 637 g/mol. The molecule has 260 valence electrons. The van der Waals surface area contributed by atoms with Crippen LogP contribution in [0.1, 0.15) is 36.8 Å². The number of hydrogen-bond acceptors (Lipinski definition) is 9. The Balaban J connectivity index is 1.13. The Labute approximate surface area is 289 Å². The Kier molecular flexibility index (Phi) is 9.50. The molecule has 1 saturated heterocycles. The molecule has 5 aromatic rings. The van der Waals surface area contributed by atoms with Crippen molar-refractivity contribution in [1.82, 2.24) is 24.0 Å². The fourth-order valence-electron chi connectivity index (χ4n) is 6.95. The summed E-state index contributed by atoms with van der Waals surface area (Å²) in [4.78, 5) is 40.9. The summed E-state index contributed by atoms with van der Waals surface area (Å²) >= 11 is 0. The molecule has 11 nitrogen and oxygen atoms in total. The number of aliphatic hydroxyl groups is 1. The van der Waals surface area contributed by atoms with Gasteiger partial charge in [0.2, 0.25) is 0 Å². The normalized spacial score (nSPS) is 15.8. The number of aliphatic hydroxyl groups excluding tert-OH is 1. The third kappa shape index (κ3) is 6.78. The molecule has 2 N–H and O–H groups in total. The second-order valence-corrected chi connectivity index (χ2v) is 13.5. The highest BCUT2D eigenvalue weighted by atomic mass is 19.1. The van der Waals surface area contributed by atoms with Crippen LogP contribution in [0.4, 0.5) is 21.7 Å². The van der Waals surface area contributed by atoms with Crippen LogP contribution in [0.3, 0.4) is 0 Å². The minimum absolute atomic E-state index is 0.00581. The molecule has 4 heterocycles. The summed E-state index contributed by atoms with van der Waals surface area (Å²) in [6.07, 6.45) is 7.05. The molecule has 1 saturated carbocycles. The second kappa shape index (κ2) is 14.1. The van der Waals surface area contributed by atoms with E-state index < -0.39 is 18.0 Å². The van der Waals surface area contributed by atoms with Crippen molar-refractivity contribution in [2.24, 2.45) is 13.0 Å². The predicted octanol–water partition coefficient (Wildman–Crippen LogP) is 4.80. The summed E-state index contributed by atoms with van der Waals surface area (Å²) in [5, 5.41) is 14.2. The average molecular weight is 680 g/mol. The molecule has 7 rings (SSSR count). The molecule has 0 amide bonds. The van der Waals surface area contributed by atoms with E-state index in [1.807, 2.05) is 18.2 Å². The van der Waals surface area contributed by atoms with Crippen molar-refractivity contribution < 1.29 is 14.2 Å². The first-order chi connectivity index (χ1) is 24.2. The first-order valence-electron chi connectivity index (χ1n) is 17.1. The van der Waals surface area contributed by atoms with Crippen LogP contribution in [0.5, 0.6) is 0 Å². The average Bonchev–Trinajstić information content (AvgIpc) is 3.97. The van der Waals surface area contributed by atoms with E-state index in [1.54, 1.807) is 57.0 Å². The lowest BCUT2D eigenvalue weighted by molar-refractivity contribution is 0.126. The molecule has 12 heteroatoms. The highest BCUT2D eigenvalue weighted by molar-refractivity contribution is 5.83. The molecule has 1 atom stereocenters. The number of nitrogens with one attached hydrogen (secondary N) is 1. The molecule has 2 aromatic carbocycles. The van der Waals surface area contributed by atoms with Crippen LogP contribution in [0, 0.1) is 11.7 Å². The topological polar surface area (TPSA) is 118 Å². The van der Waals surface area contributed by atoms with Crippen LogP contribution < -0.4 is 21.3 Å². The lowest BCUT2D eigenvalue weighted by Crippen LogP contribution is -2.48. The Hall–Kier alpha value is -4.91. The smallest absolute Gasteiger partial charge is 0.293 e. The molecule has 3 aromatic heterocycles. The van der Waals surface area contributed by atoms with Crippen molar-refractivity contribution in [3.8, 4) is 16.9 Å². The molecule has 50 heavy (non-hydrogen) atoms. The van der Waals surface area contributed by atoms with Crippen molar-refractivity contribution in [3.05, 3.63) is 105 Å². The number of hydrogen-bond donors (Lipinski definition) is 2. The number of methoxy groups -OCH3 is 1. The number of aryl methyl sites for hydroxylation is 1. The Morgan fingerprint density at radius 1 is 1.06 bits per heavy atom. The summed E-state index contributed by atoms with van der Waals surface area (Å²) in [5.74, 6) is 0.819. The number of benzene rings is 2. The van der Waals surface area contributed by atoms with Gasteiger partial charge in [-0.05, 0) is 66.0 Å². The molecule has 0 spiro atoms. The van der Waals surface area contributed by atoms with Crippen LogP contribution in [-0.4, -0.2) is 75.5 Å². The summed E-state index contributed by atoms with van der Waals surface area (Å²) < 4.78 is 23.3. The number of nitrogens with zero attached hydrogens (tertiary/aromatic N) is 6. The first-order valence-corrected chi connectivity index (χ1v) is 17.1. The van der Waals surface area contributed by atoms with Crippen LogP contribution >= 0.6 is 0 Å². The molecule has 1 unspecified atom stereocenters. The van der Waals surface area contributed by atoms with Gasteiger partial charge in [-0.15, -0.1) is 0 Å². The van der Waals surface area contributed by atoms with Gasteiger partial charge in [-0.1, -0.05) is 25.1 Å². The van der Waals surface area contributed by atoms with E-state index in [0.717, 1.165) is 63.4 Å². The van der Waals surface area contributed by atoms with Crippen LogP contribution in [0.15, 0.2) is 76.7 Å². The van der Waals surface area contributed by atoms with Crippen molar-refractivity contribution in [2.75, 3.05) is 56.7 Å². The standard InChI is InChI=1S/C38H42FN7O4/c1-24(23-50-3)20-44-13-15-45(16-14-44)28-9-10-34(40-19-28)42-36-38(49)43(2)21-32(41-36)29-5-4-6-33(30(29)22-47)46-12-11-26-17-27(25-7-8-25)18-31(39)35(26)37(46)48/h4-6,9-12,17-19,21,24-25,47H,7-8,13-16,20,22-23H2,1-3H3,(H,40,41,42). The van der Waals surface area contributed by atoms with E-state index in [9.17, 15) is 14.7 Å². The fraction of sp³-hybridized carbons (Fsp3) is 0.368. The molecule has 0 radical (unpaired) electrons. The van der Waals surface area contributed by atoms with E-state index >= 15 is 4.39 Å². The SMILES string of the molecule is COCC(C)CN1CCN(c2ccc(Nc3nc(-c4cccc(-n5ccc6cc(C7CC7)cc(F)c6c5=O)c4CO)cn(C)c3=O)nc2)CC1. The maximum Gasteiger partial charge on any atom is 0.293 e. The number of pyridine rings is 2. The molecular formula is C38H42FN7O4. The van der Waals surface area contributed by atoms with E-state index in [-0.39, 0.29) is 16.8 Å². The number of ether oxygens (including phenoxy) is 1. The van der Waals surface area contributed by atoms with Gasteiger partial charge in [0.1, 0.15) is 11.6 Å². The predicted molar refractivity (Wildman–Crippen MR) is 193 cm³/mol. The van der Waals surface area contributed by atoms with Crippen molar-refractivity contribution in [1.29, 1.82) is 0 Å². The largest absolute Gasteiger partial charge is 0.392 e. The first kappa shape index (κ1) is 33.6. The monoisotopic (exact) mass is 679 g/mol. The van der Waals surface area contributed by atoms with Gasteiger partial charge in [-0.3, -0.25) is 19.1 Å². The van der Waals surface area contributed by atoms with Crippen molar-refractivity contribution in [2.45, 2.75) is 32.3 Å². The van der Waals surface area contributed by atoms with Gasteiger partial charge >= 0.3 is 0 Å². The number of rotatable bonds is 11. The second-order valence-electron chi connectivity index (χ2n) is 13.5. The zero-order valence-electron chi connectivity index (χ0n) is 28.6. The highest BCUT2D eigenvalue weighted by Gasteiger charge is 2.26. The Morgan fingerprint density at radius 3 is 2.56 bits per heavy atom. The number of halogens is 1. The summed E-state index contributed by atoms with van der Waals surface area (Å²) in [7, 11) is 3.36. The van der Waals surface area contributed by atoms with Crippen LogP contribution in [0.2, 0.25) is 0 Å². The van der Waals surface area contributed by atoms with E-state index in [0.29, 0.717) is 45.5 Å². The van der Waals surface area contributed by atoms with Gasteiger partial charge in [0.15, 0.2) is 5.82 Å². The summed E-state index contributed by atoms with van der Waals surface area (Å²) in [6, 6.07) is 14.1. The lowest BCUT2D eigenvalue weighted by Gasteiger charge is -2.37. The maximum absolute atomic E-state index is 15.3. The molecule has 2 aliphatic rings. The van der Waals surface area contributed by atoms with Crippen molar-refractivity contribution >= 4 is 28.1 Å². The molecule has 0 bridgehead atoms. The molecule has 1 aliphatic carbocycles.